The van der Waals surface area contributed by atoms with Gasteiger partial charge in [0.25, 0.3) is 0 Å². The van der Waals surface area contributed by atoms with Crippen LogP contribution in [-0.2, 0) is 4.57 Å². The summed E-state index contributed by atoms with van der Waals surface area (Å²) in [6.45, 7) is 2.05. The Morgan fingerprint density at radius 3 is 1.85 bits per heavy atom. The highest BCUT2D eigenvalue weighted by molar-refractivity contribution is 7.85. The predicted molar refractivity (Wildman–Crippen MR) is 114 cm³/mol. The lowest BCUT2D eigenvalue weighted by molar-refractivity contribution is 0.592. The molecule has 0 radical (unpaired) electrons. The Bertz CT molecular complexity index is 1060. The molecular formula is C24H20NOP. The van der Waals surface area contributed by atoms with E-state index in [0.29, 0.717) is 0 Å². The van der Waals surface area contributed by atoms with Gasteiger partial charge in [-0.3, -0.25) is 4.98 Å². The summed E-state index contributed by atoms with van der Waals surface area (Å²) in [5.74, 6) is 0. The second-order valence-corrected chi connectivity index (χ2v) is 9.32. The van der Waals surface area contributed by atoms with Crippen molar-refractivity contribution in [1.82, 2.24) is 4.98 Å². The molecule has 0 bridgehead atoms. The molecule has 3 heteroatoms. The zero-order valence-electron chi connectivity index (χ0n) is 15.1. The fourth-order valence-electron chi connectivity index (χ4n) is 3.28. The van der Waals surface area contributed by atoms with E-state index in [4.69, 9.17) is 0 Å². The first-order chi connectivity index (χ1) is 13.2. The first-order valence-corrected chi connectivity index (χ1v) is 10.6. The number of hydrogen-bond donors (Lipinski definition) is 0. The normalized spacial score (nSPS) is 11.3. The Kier molecular flexibility index (Phi) is 4.75. The molecule has 4 aromatic rings. The summed E-state index contributed by atoms with van der Waals surface area (Å²) in [5, 5.41) is 2.50. The SMILES string of the molecule is Cc1ccnc(-c2cccc(P(=O)(c3ccccc3)c3ccccc3)c2)c1. The Morgan fingerprint density at radius 1 is 0.667 bits per heavy atom. The molecule has 0 saturated heterocycles. The summed E-state index contributed by atoms with van der Waals surface area (Å²) in [7, 11) is -2.96. The van der Waals surface area contributed by atoms with Crippen molar-refractivity contribution in [3.05, 3.63) is 109 Å². The predicted octanol–water partition coefficient (Wildman–Crippen LogP) is 4.70. The van der Waals surface area contributed by atoms with E-state index in [-0.39, 0.29) is 0 Å². The molecule has 27 heavy (non-hydrogen) atoms. The first-order valence-electron chi connectivity index (χ1n) is 8.93. The summed E-state index contributed by atoms with van der Waals surface area (Å²) >= 11 is 0. The lowest BCUT2D eigenvalue weighted by Crippen LogP contribution is -2.25. The van der Waals surface area contributed by atoms with Gasteiger partial charge in [0.05, 0.1) is 5.69 Å². The summed E-state index contributed by atoms with van der Waals surface area (Å²) < 4.78 is 14.4. The maximum absolute atomic E-state index is 14.4. The van der Waals surface area contributed by atoms with Crippen LogP contribution in [0.3, 0.4) is 0 Å². The van der Waals surface area contributed by atoms with Crippen LogP contribution in [0, 0.1) is 6.92 Å². The zero-order valence-corrected chi connectivity index (χ0v) is 16.0. The highest BCUT2D eigenvalue weighted by Crippen LogP contribution is 2.42. The largest absolute Gasteiger partial charge is 0.309 e. The van der Waals surface area contributed by atoms with Gasteiger partial charge in [0, 0.05) is 27.7 Å². The van der Waals surface area contributed by atoms with E-state index in [9.17, 15) is 4.57 Å². The van der Waals surface area contributed by atoms with Crippen LogP contribution >= 0.6 is 7.14 Å². The Balaban J connectivity index is 1.92. The smallest absolute Gasteiger partial charge is 0.171 e. The third-order valence-corrected chi connectivity index (χ3v) is 7.72. The molecular weight excluding hydrogens is 349 g/mol. The third-order valence-electron chi connectivity index (χ3n) is 4.66. The van der Waals surface area contributed by atoms with Gasteiger partial charge in [0.2, 0.25) is 0 Å². The van der Waals surface area contributed by atoms with Gasteiger partial charge in [-0.05, 0) is 30.7 Å². The molecule has 1 aromatic heterocycles. The van der Waals surface area contributed by atoms with Crippen molar-refractivity contribution < 1.29 is 4.57 Å². The summed E-state index contributed by atoms with van der Waals surface area (Å²) in [6, 6.07) is 31.5. The molecule has 0 unspecified atom stereocenters. The standard InChI is InChI=1S/C24H20NOP/c1-19-15-16-25-24(17-19)20-9-8-14-23(18-20)27(26,21-10-4-2-5-11-21)22-12-6-3-7-13-22/h2-18H,1H3. The third kappa shape index (κ3) is 3.37. The topological polar surface area (TPSA) is 30.0 Å². The van der Waals surface area contributed by atoms with Crippen molar-refractivity contribution in [3.63, 3.8) is 0 Å². The molecule has 1 heterocycles. The van der Waals surface area contributed by atoms with E-state index in [0.717, 1.165) is 32.7 Å². The van der Waals surface area contributed by atoms with Crippen LogP contribution in [0.25, 0.3) is 11.3 Å². The minimum absolute atomic E-state index is 0.820. The lowest BCUT2D eigenvalue weighted by Gasteiger charge is -2.20. The summed E-state index contributed by atoms with van der Waals surface area (Å²) in [5.41, 5.74) is 3.02. The van der Waals surface area contributed by atoms with Crippen LogP contribution in [0.15, 0.2) is 103 Å². The lowest BCUT2D eigenvalue weighted by atomic mass is 10.1. The fraction of sp³-hybridized carbons (Fsp3) is 0.0417. The van der Waals surface area contributed by atoms with Crippen molar-refractivity contribution in [2.75, 3.05) is 0 Å². The molecule has 0 aliphatic carbocycles. The van der Waals surface area contributed by atoms with Gasteiger partial charge in [0.15, 0.2) is 7.14 Å². The second kappa shape index (κ2) is 7.34. The van der Waals surface area contributed by atoms with Crippen LogP contribution in [0.4, 0.5) is 0 Å². The molecule has 0 aliphatic rings. The Labute approximate surface area is 159 Å². The van der Waals surface area contributed by atoms with Crippen molar-refractivity contribution >= 4 is 23.1 Å². The Morgan fingerprint density at radius 2 is 1.26 bits per heavy atom. The molecule has 0 aliphatic heterocycles. The van der Waals surface area contributed by atoms with Crippen molar-refractivity contribution in [3.8, 4) is 11.3 Å². The molecule has 0 spiro atoms. The van der Waals surface area contributed by atoms with Gasteiger partial charge in [0.1, 0.15) is 0 Å². The summed E-state index contributed by atoms with van der Waals surface area (Å²) in [4.78, 5) is 4.49. The first kappa shape index (κ1) is 17.5. The number of rotatable bonds is 4. The van der Waals surface area contributed by atoms with Crippen LogP contribution < -0.4 is 15.9 Å². The molecule has 0 saturated carbocycles. The quantitative estimate of drug-likeness (QED) is 0.488. The molecule has 132 valence electrons. The molecule has 0 atom stereocenters. The van der Waals surface area contributed by atoms with Gasteiger partial charge in [-0.1, -0.05) is 78.9 Å². The van der Waals surface area contributed by atoms with Gasteiger partial charge in [-0.25, -0.2) is 0 Å². The van der Waals surface area contributed by atoms with Crippen LogP contribution in [0.1, 0.15) is 5.56 Å². The van der Waals surface area contributed by atoms with E-state index in [2.05, 4.69) is 11.1 Å². The number of nitrogens with zero attached hydrogens (tertiary/aromatic N) is 1. The average Bonchev–Trinajstić information content (AvgIpc) is 2.74. The highest BCUT2D eigenvalue weighted by atomic mass is 31.2. The second-order valence-electron chi connectivity index (χ2n) is 6.55. The minimum atomic E-state index is -2.96. The monoisotopic (exact) mass is 369 g/mol. The molecule has 0 N–H and O–H groups in total. The minimum Gasteiger partial charge on any atom is -0.309 e. The average molecular weight is 369 g/mol. The van der Waals surface area contributed by atoms with E-state index in [1.807, 2.05) is 104 Å². The van der Waals surface area contributed by atoms with Gasteiger partial charge in [-0.15, -0.1) is 0 Å². The van der Waals surface area contributed by atoms with Gasteiger partial charge < -0.3 is 4.57 Å². The molecule has 4 rings (SSSR count). The van der Waals surface area contributed by atoms with Crippen LogP contribution in [0.5, 0.6) is 0 Å². The number of benzene rings is 3. The molecule has 0 fully saturated rings. The van der Waals surface area contributed by atoms with Crippen LogP contribution in [-0.4, -0.2) is 4.98 Å². The van der Waals surface area contributed by atoms with Crippen molar-refractivity contribution in [1.29, 1.82) is 0 Å². The molecule has 0 amide bonds. The van der Waals surface area contributed by atoms with E-state index in [1.54, 1.807) is 0 Å². The maximum atomic E-state index is 14.4. The molecule has 2 nitrogen and oxygen atoms in total. The zero-order chi connectivity index (χ0) is 18.7. The maximum Gasteiger partial charge on any atom is 0.171 e. The van der Waals surface area contributed by atoms with Gasteiger partial charge in [-0.2, -0.15) is 0 Å². The van der Waals surface area contributed by atoms with E-state index in [1.165, 1.54) is 0 Å². The Hall–Kier alpha value is -2.96. The van der Waals surface area contributed by atoms with Gasteiger partial charge >= 0.3 is 0 Å². The molecule has 3 aromatic carbocycles. The highest BCUT2D eigenvalue weighted by Gasteiger charge is 2.29. The number of aryl methyl sites for hydroxylation is 1. The number of aromatic nitrogens is 1. The van der Waals surface area contributed by atoms with E-state index < -0.39 is 7.14 Å². The van der Waals surface area contributed by atoms with Crippen molar-refractivity contribution in [2.45, 2.75) is 6.92 Å². The van der Waals surface area contributed by atoms with Crippen molar-refractivity contribution in [2.24, 2.45) is 0 Å². The van der Waals surface area contributed by atoms with Crippen LogP contribution in [0.2, 0.25) is 0 Å². The number of pyridine rings is 1. The summed E-state index contributed by atoms with van der Waals surface area (Å²) in [6.07, 6.45) is 1.81. The fourth-order valence-corrected chi connectivity index (χ4v) is 5.97. The number of hydrogen-bond acceptors (Lipinski definition) is 2. The van der Waals surface area contributed by atoms with E-state index >= 15 is 0 Å².